The summed E-state index contributed by atoms with van der Waals surface area (Å²) < 4.78 is 1.90. The zero-order valence-corrected chi connectivity index (χ0v) is 17.4. The van der Waals surface area contributed by atoms with E-state index in [1.807, 2.05) is 24.7 Å². The van der Waals surface area contributed by atoms with Gasteiger partial charge in [0.25, 0.3) is 11.8 Å². The molecule has 1 atom stereocenters. The molecule has 1 saturated carbocycles. The van der Waals surface area contributed by atoms with E-state index in [2.05, 4.69) is 10.6 Å². The summed E-state index contributed by atoms with van der Waals surface area (Å²) in [5, 5.41) is 5.66. The number of carbonyl (C=O) groups excluding carboxylic acids is 2. The van der Waals surface area contributed by atoms with Crippen LogP contribution in [0.3, 0.4) is 0 Å². The Bertz CT molecular complexity index is 711. The summed E-state index contributed by atoms with van der Waals surface area (Å²) in [5.74, 6) is 0.147. The minimum Gasteiger partial charge on any atom is -0.352 e. The molecule has 7 heteroatoms. The number of carbonyl (C=O) groups is 2. The van der Waals surface area contributed by atoms with Gasteiger partial charge in [0.2, 0.25) is 5.43 Å². The summed E-state index contributed by atoms with van der Waals surface area (Å²) in [6, 6.07) is 0.213. The van der Waals surface area contributed by atoms with Crippen molar-refractivity contribution in [3.05, 3.63) is 33.7 Å². The molecule has 1 aliphatic rings. The predicted molar refractivity (Wildman–Crippen MR) is 111 cm³/mol. The fraction of sp³-hybridized carbons (Fsp3) is 0.650. The molecule has 2 rings (SSSR count). The number of hydrogen-bond donors (Lipinski definition) is 2. The Balaban J connectivity index is 2.31. The summed E-state index contributed by atoms with van der Waals surface area (Å²) in [5.41, 5.74) is -0.380. The molecule has 0 bridgehead atoms. The lowest BCUT2D eigenvalue weighted by Crippen LogP contribution is -2.38. The summed E-state index contributed by atoms with van der Waals surface area (Å²) in [7, 11) is 0. The van der Waals surface area contributed by atoms with E-state index in [-0.39, 0.29) is 23.2 Å². The summed E-state index contributed by atoms with van der Waals surface area (Å²) >= 11 is 1.72. The average Bonchev–Trinajstić information content (AvgIpc) is 3.19. The smallest absolute Gasteiger partial charge is 0.256 e. The third kappa shape index (κ3) is 5.86. The molecule has 0 radical (unpaired) electrons. The van der Waals surface area contributed by atoms with Crippen LogP contribution in [0.15, 0.2) is 17.2 Å². The number of rotatable bonds is 9. The van der Waals surface area contributed by atoms with Crippen molar-refractivity contribution < 1.29 is 9.59 Å². The second kappa shape index (κ2) is 10.5. The van der Waals surface area contributed by atoms with Gasteiger partial charge in [0.15, 0.2) is 0 Å². The lowest BCUT2D eigenvalue weighted by atomic mass is 10.1. The molecule has 1 aliphatic carbocycles. The summed E-state index contributed by atoms with van der Waals surface area (Å²) in [4.78, 5) is 38.0. The number of nitrogens with zero attached hydrogens (tertiary/aromatic N) is 1. The van der Waals surface area contributed by atoms with Crippen molar-refractivity contribution in [3.8, 4) is 0 Å². The van der Waals surface area contributed by atoms with Gasteiger partial charge in [0, 0.05) is 31.0 Å². The molecule has 150 valence electrons. The molecule has 1 heterocycles. The Morgan fingerprint density at radius 1 is 1.22 bits per heavy atom. The Kier molecular flexibility index (Phi) is 8.41. The minimum atomic E-state index is -0.493. The third-order valence-electron chi connectivity index (χ3n) is 5.08. The van der Waals surface area contributed by atoms with Crippen LogP contribution in [0.1, 0.15) is 79.1 Å². The van der Waals surface area contributed by atoms with Crippen LogP contribution in [-0.4, -0.2) is 41.0 Å². The maximum atomic E-state index is 12.8. The molecule has 27 heavy (non-hydrogen) atoms. The first-order valence-electron chi connectivity index (χ1n) is 9.81. The van der Waals surface area contributed by atoms with Gasteiger partial charge in [-0.15, -0.1) is 0 Å². The molecule has 2 N–H and O–H groups in total. The van der Waals surface area contributed by atoms with E-state index in [1.165, 1.54) is 0 Å². The average molecular weight is 394 g/mol. The predicted octanol–water partition coefficient (Wildman–Crippen LogP) is 2.97. The van der Waals surface area contributed by atoms with Gasteiger partial charge in [-0.05, 0) is 44.6 Å². The molecule has 6 nitrogen and oxygen atoms in total. The maximum Gasteiger partial charge on any atom is 0.256 e. The molecule has 0 saturated heterocycles. The largest absolute Gasteiger partial charge is 0.352 e. The second-order valence-corrected chi connectivity index (χ2v) is 8.17. The Hall–Kier alpha value is -1.76. The van der Waals surface area contributed by atoms with Crippen molar-refractivity contribution in [2.75, 3.05) is 18.6 Å². The highest BCUT2D eigenvalue weighted by Crippen LogP contribution is 2.29. The number of thioether (sulfide) groups is 1. The highest BCUT2D eigenvalue weighted by atomic mass is 32.2. The zero-order valence-electron chi connectivity index (χ0n) is 16.5. The van der Waals surface area contributed by atoms with E-state index in [0.717, 1.165) is 44.3 Å². The molecule has 0 aromatic carbocycles. The second-order valence-electron chi connectivity index (χ2n) is 7.19. The van der Waals surface area contributed by atoms with Crippen LogP contribution >= 0.6 is 11.8 Å². The van der Waals surface area contributed by atoms with Gasteiger partial charge in [0.1, 0.15) is 11.1 Å². The third-order valence-corrected chi connectivity index (χ3v) is 5.78. The number of amides is 2. The van der Waals surface area contributed by atoms with E-state index in [4.69, 9.17) is 0 Å². The van der Waals surface area contributed by atoms with Crippen LogP contribution < -0.4 is 16.1 Å². The number of pyridine rings is 1. The van der Waals surface area contributed by atoms with Crippen molar-refractivity contribution in [2.24, 2.45) is 0 Å². The normalized spacial score (nSPS) is 15.5. The van der Waals surface area contributed by atoms with Gasteiger partial charge in [-0.25, -0.2) is 0 Å². The monoisotopic (exact) mass is 393 g/mol. The summed E-state index contributed by atoms with van der Waals surface area (Å²) in [6.07, 6.45) is 11.2. The van der Waals surface area contributed by atoms with E-state index < -0.39 is 17.2 Å². The van der Waals surface area contributed by atoms with Crippen molar-refractivity contribution in [3.63, 3.8) is 0 Å². The van der Waals surface area contributed by atoms with Crippen molar-refractivity contribution in [1.29, 1.82) is 0 Å². The maximum absolute atomic E-state index is 12.8. The lowest BCUT2D eigenvalue weighted by molar-refractivity contribution is 0.0937. The van der Waals surface area contributed by atoms with Gasteiger partial charge in [-0.1, -0.05) is 19.8 Å². The van der Waals surface area contributed by atoms with Gasteiger partial charge in [-0.3, -0.25) is 14.4 Å². The van der Waals surface area contributed by atoms with Crippen molar-refractivity contribution in [1.82, 2.24) is 15.2 Å². The molecule has 2 amide bonds. The lowest BCUT2D eigenvalue weighted by Gasteiger charge is -2.18. The van der Waals surface area contributed by atoms with Gasteiger partial charge < -0.3 is 15.2 Å². The van der Waals surface area contributed by atoms with E-state index in [9.17, 15) is 14.4 Å². The van der Waals surface area contributed by atoms with E-state index >= 15 is 0 Å². The molecular weight excluding hydrogens is 362 g/mol. The molecule has 0 spiro atoms. The molecule has 1 aromatic heterocycles. The molecule has 0 aliphatic heterocycles. The summed E-state index contributed by atoms with van der Waals surface area (Å²) in [6.45, 7) is 4.39. The number of nitrogens with one attached hydrogen (secondary N) is 2. The van der Waals surface area contributed by atoms with Crippen LogP contribution in [0.2, 0.25) is 0 Å². The van der Waals surface area contributed by atoms with Gasteiger partial charge in [0.05, 0.1) is 0 Å². The van der Waals surface area contributed by atoms with Crippen LogP contribution in [0.25, 0.3) is 0 Å². The molecule has 0 unspecified atom stereocenters. The first kappa shape index (κ1) is 21.5. The highest BCUT2D eigenvalue weighted by molar-refractivity contribution is 7.98. The fourth-order valence-electron chi connectivity index (χ4n) is 3.25. The van der Waals surface area contributed by atoms with Crippen molar-refractivity contribution >= 4 is 23.6 Å². The van der Waals surface area contributed by atoms with Gasteiger partial charge in [-0.2, -0.15) is 11.8 Å². The zero-order chi connectivity index (χ0) is 19.8. The minimum absolute atomic E-state index is 0.0270. The quantitative estimate of drug-likeness (QED) is 0.632. The van der Waals surface area contributed by atoms with Crippen LogP contribution in [0, 0.1) is 0 Å². The topological polar surface area (TPSA) is 80.2 Å². The highest BCUT2D eigenvalue weighted by Gasteiger charge is 2.23. The standard InChI is InChI=1S/C20H31N3O3S/c1-4-14(2)22-20(26)17-13-23(15-8-5-6-9-15)12-16(18(17)24)19(25)21-10-7-11-27-3/h12-15H,4-11H2,1-3H3,(H,21,25)(H,22,26)/t14-/m1/s1. The Labute approximate surface area is 165 Å². The van der Waals surface area contributed by atoms with Crippen LogP contribution in [0.4, 0.5) is 0 Å². The number of hydrogen-bond acceptors (Lipinski definition) is 4. The molecule has 1 aromatic rings. The van der Waals surface area contributed by atoms with Gasteiger partial charge >= 0.3 is 0 Å². The van der Waals surface area contributed by atoms with Crippen LogP contribution in [0.5, 0.6) is 0 Å². The number of aromatic nitrogens is 1. The fourth-order valence-corrected chi connectivity index (χ4v) is 3.68. The molecular formula is C20H31N3O3S. The molecule has 1 fully saturated rings. The first-order valence-corrected chi connectivity index (χ1v) is 11.2. The Morgan fingerprint density at radius 3 is 2.44 bits per heavy atom. The SMILES string of the molecule is CC[C@@H](C)NC(=O)c1cn(C2CCCC2)cc(C(=O)NCCCSC)c1=O. The van der Waals surface area contributed by atoms with Crippen molar-refractivity contribution in [2.45, 2.75) is 64.5 Å². The first-order chi connectivity index (χ1) is 13.0. The Morgan fingerprint density at radius 2 is 1.85 bits per heavy atom. The van der Waals surface area contributed by atoms with E-state index in [1.54, 1.807) is 24.2 Å². The van der Waals surface area contributed by atoms with E-state index in [0.29, 0.717) is 6.54 Å². The van der Waals surface area contributed by atoms with Crippen LogP contribution in [-0.2, 0) is 0 Å².